The van der Waals surface area contributed by atoms with Crippen molar-refractivity contribution in [2.45, 2.75) is 6.32 Å². The Morgan fingerprint density at radius 3 is 1.40 bits per heavy atom. The summed E-state index contributed by atoms with van der Waals surface area (Å²) in [5.41, 5.74) is -1.25. The SMILES string of the molecule is OB(O)Cc1c(F)c(F)c(F)c(F)c1F. The van der Waals surface area contributed by atoms with E-state index < -0.39 is 48.1 Å². The fraction of sp³-hybridized carbons (Fsp3) is 0.143. The molecule has 1 aromatic carbocycles. The van der Waals surface area contributed by atoms with E-state index >= 15 is 0 Å². The first-order valence-corrected chi connectivity index (χ1v) is 3.72. The molecule has 0 saturated carbocycles. The van der Waals surface area contributed by atoms with E-state index in [0.29, 0.717) is 0 Å². The summed E-state index contributed by atoms with van der Waals surface area (Å²) in [5, 5.41) is 16.8. The molecular weight excluding hydrogens is 222 g/mol. The molecule has 1 aromatic rings. The molecule has 0 saturated heterocycles. The van der Waals surface area contributed by atoms with Crippen LogP contribution in [-0.4, -0.2) is 17.2 Å². The van der Waals surface area contributed by atoms with Crippen LogP contribution in [0.1, 0.15) is 5.56 Å². The molecule has 82 valence electrons. The zero-order valence-electron chi connectivity index (χ0n) is 7.07. The summed E-state index contributed by atoms with van der Waals surface area (Å²) < 4.78 is 63.2. The molecule has 8 heteroatoms. The third-order valence-electron chi connectivity index (χ3n) is 1.69. The van der Waals surface area contributed by atoms with Gasteiger partial charge in [-0.1, -0.05) is 0 Å². The summed E-state index contributed by atoms with van der Waals surface area (Å²) in [7, 11) is -2.20. The number of hydrogen-bond acceptors (Lipinski definition) is 2. The highest BCUT2D eigenvalue weighted by Gasteiger charge is 2.27. The first-order valence-electron chi connectivity index (χ1n) is 3.72. The van der Waals surface area contributed by atoms with Gasteiger partial charge in [-0.15, -0.1) is 0 Å². The van der Waals surface area contributed by atoms with Gasteiger partial charge in [-0.25, -0.2) is 22.0 Å². The molecule has 0 unspecified atom stereocenters. The average Bonchev–Trinajstić information content (AvgIpc) is 2.18. The minimum Gasteiger partial charge on any atom is -0.427 e. The summed E-state index contributed by atoms with van der Waals surface area (Å²) in [6.45, 7) is 0. The maximum absolute atomic E-state index is 12.8. The molecule has 2 nitrogen and oxygen atoms in total. The molecule has 0 heterocycles. The van der Waals surface area contributed by atoms with Gasteiger partial charge in [-0.3, -0.25) is 0 Å². The van der Waals surface area contributed by atoms with Gasteiger partial charge in [0.15, 0.2) is 23.3 Å². The summed E-state index contributed by atoms with van der Waals surface area (Å²) in [6.07, 6.45) is -1.08. The highest BCUT2D eigenvalue weighted by Crippen LogP contribution is 2.23. The molecule has 0 fully saturated rings. The smallest absolute Gasteiger partial charge is 0.427 e. The second-order valence-corrected chi connectivity index (χ2v) is 2.73. The van der Waals surface area contributed by atoms with Crippen molar-refractivity contribution in [3.05, 3.63) is 34.6 Å². The van der Waals surface area contributed by atoms with Crippen LogP contribution in [0.2, 0.25) is 0 Å². The van der Waals surface area contributed by atoms with E-state index in [0.717, 1.165) is 0 Å². The molecule has 0 radical (unpaired) electrons. The minimum atomic E-state index is -2.28. The number of benzene rings is 1. The topological polar surface area (TPSA) is 40.5 Å². The lowest BCUT2D eigenvalue weighted by atomic mass is 9.81. The highest BCUT2D eigenvalue weighted by molar-refractivity contribution is 6.40. The van der Waals surface area contributed by atoms with Crippen molar-refractivity contribution in [3.8, 4) is 0 Å². The molecule has 0 aromatic heterocycles. The molecule has 15 heavy (non-hydrogen) atoms. The van der Waals surface area contributed by atoms with Crippen LogP contribution in [0.4, 0.5) is 22.0 Å². The Bertz CT molecular complexity index is 366. The number of rotatable bonds is 2. The molecule has 0 spiro atoms. The van der Waals surface area contributed by atoms with Crippen LogP contribution in [0.5, 0.6) is 0 Å². The first kappa shape index (κ1) is 11.9. The van der Waals surface area contributed by atoms with E-state index in [1.807, 2.05) is 0 Å². The van der Waals surface area contributed by atoms with E-state index in [1.54, 1.807) is 0 Å². The van der Waals surface area contributed by atoms with Crippen LogP contribution in [0.15, 0.2) is 0 Å². The first-order chi connectivity index (χ1) is 6.86. The van der Waals surface area contributed by atoms with Gasteiger partial charge < -0.3 is 10.0 Å². The van der Waals surface area contributed by atoms with E-state index in [2.05, 4.69) is 0 Å². The summed E-state index contributed by atoms with van der Waals surface area (Å²) in [6, 6.07) is 0. The third-order valence-corrected chi connectivity index (χ3v) is 1.69. The Morgan fingerprint density at radius 1 is 0.733 bits per heavy atom. The summed E-state index contributed by atoms with van der Waals surface area (Å²) >= 11 is 0. The van der Waals surface area contributed by atoms with Crippen molar-refractivity contribution in [2.24, 2.45) is 0 Å². The maximum Gasteiger partial charge on any atom is 0.456 e. The fourth-order valence-electron chi connectivity index (χ4n) is 1.01. The lowest BCUT2D eigenvalue weighted by molar-refractivity contribution is 0.364. The van der Waals surface area contributed by atoms with Crippen molar-refractivity contribution in [1.29, 1.82) is 0 Å². The molecule has 0 aliphatic heterocycles. The Balaban J connectivity index is 3.39. The normalized spacial score (nSPS) is 10.6. The van der Waals surface area contributed by atoms with Crippen LogP contribution in [0, 0.1) is 29.1 Å². The monoisotopic (exact) mass is 226 g/mol. The van der Waals surface area contributed by atoms with Crippen LogP contribution in [-0.2, 0) is 6.32 Å². The molecular formula is C7H4BF5O2. The van der Waals surface area contributed by atoms with E-state index in [9.17, 15) is 22.0 Å². The van der Waals surface area contributed by atoms with Gasteiger partial charge in [0.1, 0.15) is 0 Å². The predicted molar refractivity (Wildman–Crippen MR) is 40.1 cm³/mol. The Morgan fingerprint density at radius 2 is 1.07 bits per heavy atom. The van der Waals surface area contributed by atoms with E-state index in [4.69, 9.17) is 10.0 Å². The Hall–Kier alpha value is -1.15. The predicted octanol–water partition coefficient (Wildman–Crippen LogP) is 0.937. The van der Waals surface area contributed by atoms with Crippen LogP contribution < -0.4 is 0 Å². The molecule has 0 bridgehead atoms. The van der Waals surface area contributed by atoms with Crippen molar-refractivity contribution in [2.75, 3.05) is 0 Å². The second-order valence-electron chi connectivity index (χ2n) is 2.73. The van der Waals surface area contributed by atoms with Crippen molar-refractivity contribution >= 4 is 7.12 Å². The zero-order valence-corrected chi connectivity index (χ0v) is 7.07. The molecule has 0 aliphatic rings. The lowest BCUT2D eigenvalue weighted by Crippen LogP contribution is -2.19. The van der Waals surface area contributed by atoms with Gasteiger partial charge in [-0.05, 0) is 0 Å². The molecule has 2 N–H and O–H groups in total. The molecule has 0 atom stereocenters. The van der Waals surface area contributed by atoms with Gasteiger partial charge in [0.05, 0.1) is 0 Å². The van der Waals surface area contributed by atoms with Crippen LogP contribution in [0.3, 0.4) is 0 Å². The van der Waals surface area contributed by atoms with E-state index in [1.165, 1.54) is 0 Å². The summed E-state index contributed by atoms with van der Waals surface area (Å²) in [5.74, 6) is -10.6. The number of halogens is 5. The van der Waals surface area contributed by atoms with Gasteiger partial charge in [0, 0.05) is 11.9 Å². The Kier molecular flexibility index (Phi) is 3.30. The third kappa shape index (κ3) is 2.10. The zero-order chi connectivity index (χ0) is 11.7. The number of hydrogen-bond donors (Lipinski definition) is 2. The van der Waals surface area contributed by atoms with Gasteiger partial charge in [0.2, 0.25) is 5.82 Å². The van der Waals surface area contributed by atoms with Crippen molar-refractivity contribution < 1.29 is 32.0 Å². The van der Waals surface area contributed by atoms with Crippen LogP contribution >= 0.6 is 0 Å². The molecule has 1 rings (SSSR count). The largest absolute Gasteiger partial charge is 0.456 e. The minimum absolute atomic E-state index is 1.08. The van der Waals surface area contributed by atoms with Gasteiger partial charge >= 0.3 is 7.12 Å². The fourth-order valence-corrected chi connectivity index (χ4v) is 1.01. The van der Waals surface area contributed by atoms with Crippen molar-refractivity contribution in [1.82, 2.24) is 0 Å². The van der Waals surface area contributed by atoms with Gasteiger partial charge in [0.25, 0.3) is 0 Å². The van der Waals surface area contributed by atoms with Crippen LogP contribution in [0.25, 0.3) is 0 Å². The quantitative estimate of drug-likeness (QED) is 0.341. The lowest BCUT2D eigenvalue weighted by Gasteiger charge is -2.07. The highest BCUT2D eigenvalue weighted by atomic mass is 19.2. The summed E-state index contributed by atoms with van der Waals surface area (Å²) in [4.78, 5) is 0. The maximum atomic E-state index is 12.8. The molecule has 0 aliphatic carbocycles. The van der Waals surface area contributed by atoms with Crippen molar-refractivity contribution in [3.63, 3.8) is 0 Å². The molecule has 0 amide bonds. The van der Waals surface area contributed by atoms with Gasteiger partial charge in [-0.2, -0.15) is 0 Å². The second kappa shape index (κ2) is 4.15. The average molecular weight is 226 g/mol. The Labute approximate surface area is 81.1 Å². The van der Waals surface area contributed by atoms with E-state index in [-0.39, 0.29) is 0 Å². The standard InChI is InChI=1S/C7H4BF5O2/c9-3-2(1-8(14)15)4(10)6(12)7(13)5(3)11/h14-15H,1H2.